The number of benzene rings is 1. The van der Waals surface area contributed by atoms with Gasteiger partial charge in [-0.3, -0.25) is 9.36 Å². The zero-order valence-electron chi connectivity index (χ0n) is 17.9. The topological polar surface area (TPSA) is 59.8 Å². The first-order chi connectivity index (χ1) is 14.5. The number of pyridine rings is 1. The second kappa shape index (κ2) is 7.08. The number of anilines is 1. The zero-order valence-corrected chi connectivity index (χ0v) is 17.9. The Hall–Kier alpha value is -2.95. The number of ketones is 1. The molecule has 1 N–H and O–H groups in total. The van der Waals surface area contributed by atoms with Gasteiger partial charge in [0.15, 0.2) is 11.6 Å². The molecule has 1 aliphatic heterocycles. The van der Waals surface area contributed by atoms with Crippen molar-refractivity contribution in [3.05, 3.63) is 71.4 Å². The number of hydrogen-bond donors (Lipinski definition) is 1. The Kier molecular flexibility index (Phi) is 4.49. The van der Waals surface area contributed by atoms with E-state index in [4.69, 9.17) is 4.98 Å². The van der Waals surface area contributed by atoms with Crippen molar-refractivity contribution in [2.45, 2.75) is 57.9 Å². The molecule has 0 atom stereocenters. The average Bonchev–Trinajstić information content (AvgIpc) is 3.21. The summed E-state index contributed by atoms with van der Waals surface area (Å²) in [6.45, 7) is 6.39. The summed E-state index contributed by atoms with van der Waals surface area (Å²) in [5, 5.41) is 3.79. The Morgan fingerprint density at radius 3 is 2.57 bits per heavy atom. The van der Waals surface area contributed by atoms with Crippen LogP contribution in [0.2, 0.25) is 0 Å². The van der Waals surface area contributed by atoms with Crippen molar-refractivity contribution in [3.8, 4) is 5.82 Å². The average molecular weight is 401 g/mol. The zero-order chi connectivity index (χ0) is 20.9. The summed E-state index contributed by atoms with van der Waals surface area (Å²) < 4.78 is 2.25. The molecule has 0 radical (unpaired) electrons. The monoisotopic (exact) mass is 400 g/mol. The van der Waals surface area contributed by atoms with Gasteiger partial charge in [0.25, 0.3) is 0 Å². The van der Waals surface area contributed by atoms with Crippen molar-refractivity contribution >= 4 is 11.5 Å². The highest BCUT2D eigenvalue weighted by Gasteiger charge is 2.45. The summed E-state index contributed by atoms with van der Waals surface area (Å²) in [5.41, 5.74) is 4.05. The van der Waals surface area contributed by atoms with E-state index in [9.17, 15) is 4.79 Å². The van der Waals surface area contributed by atoms with E-state index in [1.807, 2.05) is 42.7 Å². The maximum absolute atomic E-state index is 13.1. The number of nitrogens with zero attached hydrogens (tertiary/aromatic N) is 3. The third kappa shape index (κ3) is 2.95. The first-order valence-corrected chi connectivity index (χ1v) is 10.9. The lowest BCUT2D eigenvalue weighted by Gasteiger charge is -2.44. The fourth-order valence-corrected chi connectivity index (χ4v) is 5.04. The van der Waals surface area contributed by atoms with Gasteiger partial charge in [0.2, 0.25) is 0 Å². The van der Waals surface area contributed by atoms with Gasteiger partial charge in [0.05, 0.1) is 23.1 Å². The molecule has 3 heterocycles. The van der Waals surface area contributed by atoms with Crippen LogP contribution in [0.25, 0.3) is 5.82 Å². The number of Topliss-reactive ketones (excluding diaryl/α,β-unsaturated/α-hetero) is 1. The predicted molar refractivity (Wildman–Crippen MR) is 118 cm³/mol. The van der Waals surface area contributed by atoms with Crippen molar-refractivity contribution in [2.75, 3.05) is 5.32 Å². The molecule has 5 nitrogen and oxygen atoms in total. The Labute approximate surface area is 177 Å². The molecular weight excluding hydrogens is 372 g/mol. The number of rotatable bonds is 3. The van der Waals surface area contributed by atoms with Crippen molar-refractivity contribution < 1.29 is 4.79 Å². The van der Waals surface area contributed by atoms with Gasteiger partial charge in [-0.2, -0.15) is 0 Å². The summed E-state index contributed by atoms with van der Waals surface area (Å²) in [6, 6.07) is 12.1. The van der Waals surface area contributed by atoms with Crippen LogP contribution in [0.5, 0.6) is 0 Å². The molecule has 5 heteroatoms. The number of nitrogens with one attached hydrogen (secondary N) is 1. The van der Waals surface area contributed by atoms with E-state index < -0.39 is 0 Å². The first kappa shape index (κ1) is 19.0. The van der Waals surface area contributed by atoms with E-state index in [-0.39, 0.29) is 17.2 Å². The van der Waals surface area contributed by atoms with Gasteiger partial charge in [0.1, 0.15) is 5.82 Å². The second-order valence-corrected chi connectivity index (χ2v) is 9.08. The van der Waals surface area contributed by atoms with Crippen molar-refractivity contribution in [3.63, 3.8) is 0 Å². The van der Waals surface area contributed by atoms with E-state index in [1.165, 1.54) is 11.3 Å². The summed E-state index contributed by atoms with van der Waals surface area (Å²) in [5.74, 6) is 2.64. The lowest BCUT2D eigenvalue weighted by molar-refractivity contribution is 0.0864. The number of carbonyl (C=O) groups is 1. The molecule has 30 heavy (non-hydrogen) atoms. The summed E-state index contributed by atoms with van der Waals surface area (Å²) in [4.78, 5) is 22.5. The molecule has 1 aromatic carbocycles. The Morgan fingerprint density at radius 2 is 1.87 bits per heavy atom. The van der Waals surface area contributed by atoms with Crippen LogP contribution in [0.15, 0.2) is 48.8 Å². The molecule has 5 rings (SSSR count). The van der Waals surface area contributed by atoms with Crippen LogP contribution < -0.4 is 5.32 Å². The molecule has 1 fully saturated rings. The van der Waals surface area contributed by atoms with Crippen molar-refractivity contribution in [1.82, 2.24) is 14.5 Å². The van der Waals surface area contributed by atoms with Gasteiger partial charge >= 0.3 is 0 Å². The van der Waals surface area contributed by atoms with Crippen molar-refractivity contribution in [2.24, 2.45) is 5.92 Å². The van der Waals surface area contributed by atoms with Crippen LogP contribution >= 0.6 is 0 Å². The minimum atomic E-state index is -0.194. The minimum Gasteiger partial charge on any atom is -0.371 e. The minimum absolute atomic E-state index is 0.0800. The number of aryl methyl sites for hydroxylation is 1. The number of aromatic nitrogens is 3. The fraction of sp³-hybridized carbons (Fsp3) is 0.400. The van der Waals surface area contributed by atoms with Crippen LogP contribution in [0.4, 0.5) is 5.69 Å². The largest absolute Gasteiger partial charge is 0.371 e. The maximum atomic E-state index is 13.1. The Balaban J connectivity index is 1.46. The standard InChI is InChI=1S/C25H28N4O/c1-16(2)23-27-15-21-25(28-20-5-4-14-26-24(20)29(21)23)12-10-19(11-13-25)22(30)18-8-6-17(3)7-9-18/h4-9,14-16,19,28H,10-13H2,1-3H3. The molecule has 1 spiro atoms. The van der Waals surface area contributed by atoms with Gasteiger partial charge in [-0.25, -0.2) is 9.97 Å². The fourth-order valence-electron chi connectivity index (χ4n) is 5.04. The quantitative estimate of drug-likeness (QED) is 0.599. The van der Waals surface area contributed by atoms with E-state index in [0.717, 1.165) is 48.6 Å². The third-order valence-corrected chi connectivity index (χ3v) is 6.71. The molecular formula is C25H28N4O. The molecule has 2 aliphatic rings. The van der Waals surface area contributed by atoms with Gasteiger partial charge < -0.3 is 5.32 Å². The number of fused-ring (bicyclic) bond motifs is 4. The highest BCUT2D eigenvalue weighted by atomic mass is 16.1. The van der Waals surface area contributed by atoms with E-state index in [2.05, 4.69) is 41.7 Å². The van der Waals surface area contributed by atoms with Gasteiger partial charge in [-0.15, -0.1) is 0 Å². The van der Waals surface area contributed by atoms with Crippen LogP contribution in [0.3, 0.4) is 0 Å². The Morgan fingerprint density at radius 1 is 1.13 bits per heavy atom. The Bertz CT molecular complexity index is 1090. The van der Waals surface area contributed by atoms with E-state index >= 15 is 0 Å². The number of hydrogen-bond acceptors (Lipinski definition) is 4. The number of carbonyl (C=O) groups excluding carboxylic acids is 1. The second-order valence-electron chi connectivity index (χ2n) is 9.08. The molecule has 0 amide bonds. The summed E-state index contributed by atoms with van der Waals surface area (Å²) in [7, 11) is 0. The highest BCUT2D eigenvalue weighted by Crippen LogP contribution is 2.47. The summed E-state index contributed by atoms with van der Waals surface area (Å²) in [6.07, 6.45) is 7.42. The normalized spacial score (nSPS) is 22.5. The van der Waals surface area contributed by atoms with E-state index in [1.54, 1.807) is 0 Å². The van der Waals surface area contributed by atoms with Crippen LogP contribution in [-0.2, 0) is 5.54 Å². The predicted octanol–water partition coefficient (Wildman–Crippen LogP) is 5.39. The molecule has 0 saturated heterocycles. The SMILES string of the molecule is Cc1ccc(C(=O)C2CCC3(CC2)Nc2cccnc2-n2c3cnc2C(C)C)cc1. The lowest BCUT2D eigenvalue weighted by Crippen LogP contribution is -2.44. The van der Waals surface area contributed by atoms with Gasteiger partial charge in [-0.1, -0.05) is 43.7 Å². The molecule has 2 aromatic heterocycles. The maximum Gasteiger partial charge on any atom is 0.165 e. The number of imidazole rings is 1. The molecule has 0 unspecified atom stereocenters. The van der Waals surface area contributed by atoms with Gasteiger partial charge in [-0.05, 0) is 44.7 Å². The third-order valence-electron chi connectivity index (χ3n) is 6.71. The molecule has 154 valence electrons. The summed E-state index contributed by atoms with van der Waals surface area (Å²) >= 11 is 0. The molecule has 3 aromatic rings. The molecule has 1 saturated carbocycles. The molecule has 1 aliphatic carbocycles. The highest BCUT2D eigenvalue weighted by molar-refractivity contribution is 5.98. The van der Waals surface area contributed by atoms with Crippen molar-refractivity contribution in [1.29, 1.82) is 0 Å². The van der Waals surface area contributed by atoms with Crippen LogP contribution in [0.1, 0.15) is 72.9 Å². The van der Waals surface area contributed by atoms with Crippen LogP contribution in [0, 0.1) is 12.8 Å². The first-order valence-electron chi connectivity index (χ1n) is 10.9. The van der Waals surface area contributed by atoms with Gasteiger partial charge in [0, 0.05) is 23.6 Å². The lowest BCUT2D eigenvalue weighted by atomic mass is 9.72. The van der Waals surface area contributed by atoms with Crippen LogP contribution in [-0.4, -0.2) is 20.3 Å². The molecule has 0 bridgehead atoms. The smallest absolute Gasteiger partial charge is 0.165 e. The van der Waals surface area contributed by atoms with E-state index in [0.29, 0.717) is 5.92 Å².